The lowest BCUT2D eigenvalue weighted by molar-refractivity contribution is 0.0720. The highest BCUT2D eigenvalue weighted by atomic mass is 35.5. The highest BCUT2D eigenvalue weighted by molar-refractivity contribution is 6.31. The van der Waals surface area contributed by atoms with E-state index >= 15 is 0 Å². The van der Waals surface area contributed by atoms with Crippen LogP contribution < -0.4 is 31.7 Å². The summed E-state index contributed by atoms with van der Waals surface area (Å²) in [6, 6.07) is 13.1. The number of carbonyl (C=O) groups is 2. The molecule has 0 saturated carbocycles. The Labute approximate surface area is 264 Å². The minimum atomic E-state index is -0.523. The Bertz CT molecular complexity index is 1520. The van der Waals surface area contributed by atoms with Crippen molar-refractivity contribution in [2.75, 3.05) is 55.7 Å². The van der Waals surface area contributed by atoms with Crippen LogP contribution in [0.15, 0.2) is 48.7 Å². The van der Waals surface area contributed by atoms with Gasteiger partial charge in [0.15, 0.2) is 0 Å². The van der Waals surface area contributed by atoms with Gasteiger partial charge < -0.3 is 36.6 Å². The minimum Gasteiger partial charge on any atom is -0.478 e. The summed E-state index contributed by atoms with van der Waals surface area (Å²) in [5, 5.41) is 0.586. The number of ether oxygens (including phenoxy) is 1. The second-order valence-electron chi connectivity index (χ2n) is 11.4. The molecule has 2 amide bonds. The number of primary amides is 1. The lowest BCUT2D eigenvalue weighted by Crippen LogP contribution is -2.55. The van der Waals surface area contributed by atoms with Gasteiger partial charge in [-0.25, -0.2) is 4.98 Å². The van der Waals surface area contributed by atoms with Gasteiger partial charge in [-0.15, -0.1) is 0 Å². The van der Waals surface area contributed by atoms with Gasteiger partial charge in [-0.2, -0.15) is 0 Å². The molecule has 2 aromatic carbocycles. The van der Waals surface area contributed by atoms with Crippen LogP contribution in [0.25, 0.3) is 11.1 Å². The van der Waals surface area contributed by atoms with E-state index < -0.39 is 5.91 Å². The van der Waals surface area contributed by atoms with Crippen molar-refractivity contribution < 1.29 is 14.3 Å². The Kier molecular flexibility index (Phi) is 9.93. The number of benzene rings is 2. The minimum absolute atomic E-state index is 0.0390. The van der Waals surface area contributed by atoms with Crippen molar-refractivity contribution in [2.45, 2.75) is 45.2 Å². The Morgan fingerprint density at radius 1 is 1.07 bits per heavy atom. The van der Waals surface area contributed by atoms with Crippen molar-refractivity contribution in [3.05, 3.63) is 70.4 Å². The van der Waals surface area contributed by atoms with Crippen molar-refractivity contribution in [1.29, 1.82) is 0 Å². The number of hydrogen-bond acceptors (Lipinski definition) is 8. The van der Waals surface area contributed by atoms with Gasteiger partial charge in [0.25, 0.3) is 11.8 Å². The first-order valence-corrected chi connectivity index (χ1v) is 15.7. The Morgan fingerprint density at radius 3 is 2.57 bits per heavy atom. The Hall–Kier alpha value is -3.86. The van der Waals surface area contributed by atoms with Gasteiger partial charge in [0.05, 0.1) is 29.1 Å². The molecule has 0 aliphatic carbocycles. The molecule has 3 aromatic rings. The normalized spacial score (nSPS) is 18.5. The summed E-state index contributed by atoms with van der Waals surface area (Å²) in [6.07, 6.45) is 3.86. The number of halogens is 1. The largest absolute Gasteiger partial charge is 0.478 e. The fourth-order valence-corrected chi connectivity index (χ4v) is 6.56. The molecular formula is C33H42ClN7O3. The summed E-state index contributed by atoms with van der Waals surface area (Å²) in [6.45, 7) is 7.85. The molecule has 6 N–H and O–H groups in total. The molecule has 11 heteroatoms. The zero-order chi connectivity index (χ0) is 31.4. The quantitative estimate of drug-likeness (QED) is 0.312. The average Bonchev–Trinajstić information content (AvgIpc) is 3.46. The summed E-state index contributed by atoms with van der Waals surface area (Å²) < 4.78 is 5.78. The molecule has 234 valence electrons. The molecule has 3 heterocycles. The maximum Gasteiger partial charge on any atom is 0.256 e. The van der Waals surface area contributed by atoms with E-state index in [1.54, 1.807) is 12.3 Å². The number of anilines is 2. The molecule has 2 aliphatic heterocycles. The smallest absolute Gasteiger partial charge is 0.256 e. The predicted octanol–water partition coefficient (Wildman–Crippen LogP) is 3.68. The molecule has 0 spiro atoms. The number of rotatable bonds is 10. The van der Waals surface area contributed by atoms with Crippen molar-refractivity contribution in [3.63, 3.8) is 0 Å². The monoisotopic (exact) mass is 619 g/mol. The average molecular weight is 620 g/mol. The lowest BCUT2D eigenvalue weighted by Gasteiger charge is -2.44. The van der Waals surface area contributed by atoms with Crippen molar-refractivity contribution in [2.24, 2.45) is 17.2 Å². The van der Waals surface area contributed by atoms with E-state index in [4.69, 9.17) is 33.5 Å². The topological polar surface area (TPSA) is 144 Å². The van der Waals surface area contributed by atoms with Gasteiger partial charge in [-0.3, -0.25) is 9.59 Å². The molecule has 10 nitrogen and oxygen atoms in total. The molecule has 0 unspecified atom stereocenters. The number of piperazine rings is 1. The summed E-state index contributed by atoms with van der Waals surface area (Å²) in [5.41, 5.74) is 23.4. The fourth-order valence-electron chi connectivity index (χ4n) is 6.39. The van der Waals surface area contributed by atoms with Crippen molar-refractivity contribution in [1.82, 2.24) is 9.88 Å². The number of carbonyl (C=O) groups excluding carboxylic acids is 2. The van der Waals surface area contributed by atoms with Crippen LogP contribution in [0.5, 0.6) is 5.88 Å². The first kappa shape index (κ1) is 31.6. The zero-order valence-electron chi connectivity index (χ0n) is 25.5. The number of pyridine rings is 1. The molecule has 5 rings (SSSR count). The Morgan fingerprint density at radius 2 is 1.89 bits per heavy atom. The molecule has 0 radical (unpaired) electrons. The van der Waals surface area contributed by atoms with Gasteiger partial charge in [-0.1, -0.05) is 18.5 Å². The van der Waals surface area contributed by atoms with Crippen LogP contribution in [0.3, 0.4) is 0 Å². The van der Waals surface area contributed by atoms with E-state index in [-0.39, 0.29) is 18.0 Å². The van der Waals surface area contributed by atoms with Crippen LogP contribution in [0, 0.1) is 0 Å². The van der Waals surface area contributed by atoms with E-state index in [1.807, 2.05) is 42.2 Å². The number of nitrogens with two attached hydrogens (primary N) is 3. The van der Waals surface area contributed by atoms with Crippen LogP contribution in [0.1, 0.15) is 53.0 Å². The van der Waals surface area contributed by atoms with E-state index in [0.29, 0.717) is 67.8 Å². The lowest BCUT2D eigenvalue weighted by atomic mass is 9.93. The van der Waals surface area contributed by atoms with Crippen LogP contribution in [0.2, 0.25) is 5.02 Å². The SMILES string of the molecule is CCOc1ncccc1-c1cc(CCN)c(N2CCN(C(=O)c3ccc(Cl)cc3N3CC[C@H](N)C3)C[C@H]2CC)c(C(N)=O)c1. The van der Waals surface area contributed by atoms with Crippen LogP contribution >= 0.6 is 11.6 Å². The van der Waals surface area contributed by atoms with Crippen molar-refractivity contribution >= 4 is 34.8 Å². The number of amides is 2. The highest BCUT2D eigenvalue weighted by Gasteiger charge is 2.34. The third-order valence-corrected chi connectivity index (χ3v) is 8.75. The summed E-state index contributed by atoms with van der Waals surface area (Å²) in [7, 11) is 0. The third-order valence-electron chi connectivity index (χ3n) is 8.52. The maximum atomic E-state index is 14.0. The number of nitrogens with zero attached hydrogens (tertiary/aromatic N) is 4. The first-order valence-electron chi connectivity index (χ1n) is 15.4. The molecular weight excluding hydrogens is 578 g/mol. The van der Waals surface area contributed by atoms with Crippen LogP contribution in [-0.2, 0) is 6.42 Å². The second kappa shape index (κ2) is 13.8. The van der Waals surface area contributed by atoms with Gasteiger partial charge in [0.2, 0.25) is 5.88 Å². The fraction of sp³-hybridized carbons (Fsp3) is 0.424. The van der Waals surface area contributed by atoms with Crippen molar-refractivity contribution in [3.8, 4) is 17.0 Å². The van der Waals surface area contributed by atoms with Crippen LogP contribution in [0.4, 0.5) is 11.4 Å². The molecule has 0 bridgehead atoms. The summed E-state index contributed by atoms with van der Waals surface area (Å²) >= 11 is 6.36. The van der Waals surface area contributed by atoms with Crippen LogP contribution in [-0.4, -0.2) is 79.7 Å². The van der Waals surface area contributed by atoms with E-state index in [0.717, 1.165) is 47.5 Å². The molecule has 2 saturated heterocycles. The molecule has 2 fully saturated rings. The first-order chi connectivity index (χ1) is 21.2. The molecule has 44 heavy (non-hydrogen) atoms. The van der Waals surface area contributed by atoms with Gasteiger partial charge in [-0.05, 0) is 86.3 Å². The molecule has 1 aromatic heterocycles. The highest BCUT2D eigenvalue weighted by Crippen LogP contribution is 2.38. The summed E-state index contributed by atoms with van der Waals surface area (Å²) in [5.74, 6) is -0.0687. The van der Waals surface area contributed by atoms with E-state index in [1.165, 1.54) is 0 Å². The second-order valence-corrected chi connectivity index (χ2v) is 11.8. The Balaban J connectivity index is 1.48. The number of hydrogen-bond donors (Lipinski definition) is 3. The zero-order valence-corrected chi connectivity index (χ0v) is 26.2. The predicted molar refractivity (Wildman–Crippen MR) is 176 cm³/mol. The van der Waals surface area contributed by atoms with Gasteiger partial charge in [0, 0.05) is 61.6 Å². The molecule has 2 atom stereocenters. The number of aromatic nitrogens is 1. The van der Waals surface area contributed by atoms with Gasteiger partial charge in [0.1, 0.15) is 0 Å². The van der Waals surface area contributed by atoms with E-state index in [2.05, 4.69) is 27.8 Å². The standard InChI is InChI=1S/C33H42ClN7O3/c1-3-25-20-40(33(43)27-8-7-23(34)18-29(27)39-13-10-24(36)19-39)14-15-41(25)30-21(9-11-35)16-22(17-28(30)31(37)42)26-6-5-12-38-32(26)44-4-2/h5-8,12,16-18,24-25H,3-4,9-11,13-15,19-20,35-36H2,1-2H3,(H2,37,42)/t24-,25+/m0/s1. The summed E-state index contributed by atoms with van der Waals surface area (Å²) in [4.78, 5) is 37.7. The molecule has 2 aliphatic rings. The maximum absolute atomic E-state index is 14.0. The van der Waals surface area contributed by atoms with Gasteiger partial charge >= 0.3 is 0 Å². The van der Waals surface area contributed by atoms with E-state index in [9.17, 15) is 9.59 Å². The third kappa shape index (κ3) is 6.47.